The van der Waals surface area contributed by atoms with E-state index in [1.54, 1.807) is 6.07 Å². The topological polar surface area (TPSA) is 48.4 Å². The number of hydrogen-bond donors (Lipinski definition) is 0. The van der Waals surface area contributed by atoms with Crippen LogP contribution in [0.15, 0.2) is 10.7 Å². The number of halogens is 1. The number of ether oxygens (including phenoxy) is 2. The molecule has 0 aliphatic rings. The summed E-state index contributed by atoms with van der Waals surface area (Å²) in [4.78, 5) is 15.3. The minimum atomic E-state index is -0.508. The van der Waals surface area contributed by atoms with E-state index < -0.39 is 5.97 Å². The molecule has 0 bridgehead atoms. The van der Waals surface area contributed by atoms with Crippen molar-refractivity contribution in [1.29, 1.82) is 0 Å². The zero-order chi connectivity index (χ0) is 10.7. The minimum absolute atomic E-state index is 0.182. The van der Waals surface area contributed by atoms with Gasteiger partial charge in [-0.25, -0.2) is 9.78 Å². The number of esters is 1. The van der Waals surface area contributed by atoms with Crippen LogP contribution in [-0.2, 0) is 4.74 Å². The van der Waals surface area contributed by atoms with Gasteiger partial charge >= 0.3 is 5.97 Å². The Balaban J connectivity index is 3.32. The highest BCUT2D eigenvalue weighted by Crippen LogP contribution is 2.25. The molecule has 1 rings (SSSR count). The molecule has 0 aliphatic heterocycles. The van der Waals surface area contributed by atoms with Gasteiger partial charge in [-0.1, -0.05) is 0 Å². The summed E-state index contributed by atoms with van der Waals surface area (Å²) in [5.74, 6) is -0.0636. The molecule has 4 nitrogen and oxygen atoms in total. The van der Waals surface area contributed by atoms with Crippen molar-refractivity contribution >= 4 is 21.9 Å². The van der Waals surface area contributed by atoms with Gasteiger partial charge in [0.05, 0.1) is 14.2 Å². The maximum absolute atomic E-state index is 11.3. The van der Waals surface area contributed by atoms with Gasteiger partial charge in [0.15, 0.2) is 11.4 Å². The number of aryl methyl sites for hydroxylation is 1. The Morgan fingerprint density at radius 3 is 2.64 bits per heavy atom. The van der Waals surface area contributed by atoms with Gasteiger partial charge in [-0.2, -0.15) is 0 Å². The van der Waals surface area contributed by atoms with Crippen molar-refractivity contribution < 1.29 is 14.3 Å². The van der Waals surface area contributed by atoms with Gasteiger partial charge in [0.2, 0.25) is 0 Å². The molecule has 0 radical (unpaired) electrons. The summed E-state index contributed by atoms with van der Waals surface area (Å²) < 4.78 is 10.2. The second-order valence-electron chi connectivity index (χ2n) is 2.64. The quantitative estimate of drug-likeness (QED) is 0.602. The van der Waals surface area contributed by atoms with Crippen LogP contribution in [0.3, 0.4) is 0 Å². The van der Waals surface area contributed by atoms with E-state index in [1.165, 1.54) is 14.2 Å². The Kier molecular flexibility index (Phi) is 3.46. The predicted octanol–water partition coefficient (Wildman–Crippen LogP) is 1.95. The smallest absolute Gasteiger partial charge is 0.360 e. The minimum Gasteiger partial charge on any atom is -0.494 e. The molecule has 0 amide bonds. The van der Waals surface area contributed by atoms with E-state index in [0.717, 1.165) is 5.56 Å². The van der Waals surface area contributed by atoms with Crippen molar-refractivity contribution in [1.82, 2.24) is 4.98 Å². The normalized spacial score (nSPS) is 9.71. The highest BCUT2D eigenvalue weighted by Gasteiger charge is 2.17. The van der Waals surface area contributed by atoms with Crippen LogP contribution < -0.4 is 4.74 Å². The highest BCUT2D eigenvalue weighted by atomic mass is 79.9. The molecule has 0 spiro atoms. The summed E-state index contributed by atoms with van der Waals surface area (Å²) in [6.07, 6.45) is 0. The zero-order valence-electron chi connectivity index (χ0n) is 8.13. The van der Waals surface area contributed by atoms with E-state index in [0.29, 0.717) is 10.4 Å². The van der Waals surface area contributed by atoms with E-state index in [2.05, 4.69) is 25.7 Å². The number of carbonyl (C=O) groups excluding carboxylic acids is 1. The van der Waals surface area contributed by atoms with E-state index >= 15 is 0 Å². The first-order valence-corrected chi connectivity index (χ1v) is 4.69. The molecule has 76 valence electrons. The van der Waals surface area contributed by atoms with Crippen LogP contribution in [0, 0.1) is 6.92 Å². The average Bonchev–Trinajstić information content (AvgIpc) is 2.15. The molecule has 1 aromatic heterocycles. The van der Waals surface area contributed by atoms with E-state index in [1.807, 2.05) is 6.92 Å². The first-order chi connectivity index (χ1) is 6.60. The van der Waals surface area contributed by atoms with Gasteiger partial charge in [-0.15, -0.1) is 0 Å². The van der Waals surface area contributed by atoms with Crippen LogP contribution in [0.2, 0.25) is 0 Å². The van der Waals surface area contributed by atoms with Gasteiger partial charge in [0.1, 0.15) is 4.60 Å². The van der Waals surface area contributed by atoms with E-state index in [-0.39, 0.29) is 5.69 Å². The molecule has 5 heteroatoms. The number of hydrogen-bond acceptors (Lipinski definition) is 4. The number of methoxy groups -OCH3 is 2. The van der Waals surface area contributed by atoms with Gasteiger partial charge in [-0.3, -0.25) is 0 Å². The van der Waals surface area contributed by atoms with Crippen molar-refractivity contribution in [3.63, 3.8) is 0 Å². The molecule has 0 unspecified atom stereocenters. The molecule has 0 atom stereocenters. The van der Waals surface area contributed by atoms with Crippen molar-refractivity contribution in [2.75, 3.05) is 14.2 Å². The van der Waals surface area contributed by atoms with Gasteiger partial charge in [0.25, 0.3) is 0 Å². The molecular weight excluding hydrogens is 250 g/mol. The van der Waals surface area contributed by atoms with Crippen LogP contribution in [-0.4, -0.2) is 25.2 Å². The van der Waals surface area contributed by atoms with Crippen molar-refractivity contribution in [3.8, 4) is 5.75 Å². The van der Waals surface area contributed by atoms with Gasteiger partial charge < -0.3 is 9.47 Å². The second kappa shape index (κ2) is 4.41. The highest BCUT2D eigenvalue weighted by molar-refractivity contribution is 9.10. The van der Waals surface area contributed by atoms with E-state index in [4.69, 9.17) is 4.74 Å². The van der Waals surface area contributed by atoms with Crippen molar-refractivity contribution in [2.24, 2.45) is 0 Å². The Morgan fingerprint density at radius 1 is 1.50 bits per heavy atom. The molecule has 1 heterocycles. The first-order valence-electron chi connectivity index (χ1n) is 3.89. The molecule has 1 aromatic rings. The molecule has 0 N–H and O–H groups in total. The lowest BCUT2D eigenvalue weighted by atomic mass is 10.2. The Bertz CT molecular complexity index is 365. The first kappa shape index (κ1) is 11.0. The Morgan fingerprint density at radius 2 is 2.14 bits per heavy atom. The van der Waals surface area contributed by atoms with Gasteiger partial charge in [0, 0.05) is 0 Å². The summed E-state index contributed by atoms with van der Waals surface area (Å²) in [7, 11) is 2.80. The Hall–Kier alpha value is -1.10. The maximum Gasteiger partial charge on any atom is 0.360 e. The molecule has 0 fully saturated rings. The number of rotatable bonds is 2. The summed E-state index contributed by atoms with van der Waals surface area (Å²) in [5.41, 5.74) is 1.01. The SMILES string of the molecule is COC(=O)c1nc(Br)cc(C)c1OC. The van der Waals surface area contributed by atoms with Crippen LogP contribution in [0.1, 0.15) is 16.1 Å². The third-order valence-electron chi connectivity index (χ3n) is 1.71. The summed E-state index contributed by atoms with van der Waals surface area (Å²) in [5, 5.41) is 0. The van der Waals surface area contributed by atoms with Crippen LogP contribution >= 0.6 is 15.9 Å². The number of pyridine rings is 1. The average molecular weight is 260 g/mol. The van der Waals surface area contributed by atoms with Gasteiger partial charge in [-0.05, 0) is 34.5 Å². The van der Waals surface area contributed by atoms with Crippen LogP contribution in [0.25, 0.3) is 0 Å². The third-order valence-corrected chi connectivity index (χ3v) is 2.12. The lowest BCUT2D eigenvalue weighted by Gasteiger charge is -2.08. The lowest BCUT2D eigenvalue weighted by molar-refractivity contribution is 0.0589. The fraction of sp³-hybridized carbons (Fsp3) is 0.333. The Labute approximate surface area is 90.4 Å². The fourth-order valence-electron chi connectivity index (χ4n) is 1.11. The molecule has 0 saturated carbocycles. The molecule has 0 aliphatic carbocycles. The molecule has 0 saturated heterocycles. The van der Waals surface area contributed by atoms with Crippen LogP contribution in [0.4, 0.5) is 0 Å². The molecular formula is C9H10BrNO3. The van der Waals surface area contributed by atoms with Crippen molar-refractivity contribution in [2.45, 2.75) is 6.92 Å². The summed E-state index contributed by atoms with van der Waals surface area (Å²) in [6.45, 7) is 1.83. The summed E-state index contributed by atoms with van der Waals surface area (Å²) in [6, 6.07) is 1.77. The monoisotopic (exact) mass is 259 g/mol. The van der Waals surface area contributed by atoms with Crippen molar-refractivity contribution in [3.05, 3.63) is 21.9 Å². The molecule has 0 aromatic carbocycles. The largest absolute Gasteiger partial charge is 0.494 e. The van der Waals surface area contributed by atoms with Crippen LogP contribution in [0.5, 0.6) is 5.75 Å². The standard InChI is InChI=1S/C9H10BrNO3/c1-5-4-6(10)11-7(8(5)13-2)9(12)14-3/h4H,1-3H3. The fourth-order valence-corrected chi connectivity index (χ4v) is 1.63. The number of nitrogens with zero attached hydrogens (tertiary/aromatic N) is 1. The third kappa shape index (κ3) is 2.04. The zero-order valence-corrected chi connectivity index (χ0v) is 9.71. The lowest BCUT2D eigenvalue weighted by Crippen LogP contribution is -2.08. The van der Waals surface area contributed by atoms with E-state index in [9.17, 15) is 4.79 Å². The number of carbonyl (C=O) groups is 1. The molecule has 14 heavy (non-hydrogen) atoms. The maximum atomic E-state index is 11.3. The second-order valence-corrected chi connectivity index (χ2v) is 3.45. The number of aromatic nitrogens is 1. The predicted molar refractivity (Wildman–Crippen MR) is 54.6 cm³/mol. The summed E-state index contributed by atoms with van der Waals surface area (Å²) >= 11 is 3.20.